The van der Waals surface area contributed by atoms with Gasteiger partial charge in [-0.05, 0) is 51.7 Å². The standard InChI is InChI=1S/C16H15BrN2O2/c17-14-10-13(6-8-15(14)20)11-18-19-16(21)9-7-12-4-2-1-3-5-12/h1-6,8,10-11,20H,7,9H2,(H,19,21)/b18-11-. The summed E-state index contributed by atoms with van der Waals surface area (Å²) in [5.41, 5.74) is 4.39. The monoisotopic (exact) mass is 346 g/mol. The number of phenols is 1. The number of rotatable bonds is 5. The zero-order valence-electron chi connectivity index (χ0n) is 11.3. The van der Waals surface area contributed by atoms with Gasteiger partial charge in [-0.25, -0.2) is 5.43 Å². The first-order valence-electron chi connectivity index (χ1n) is 6.49. The molecule has 0 unspecified atom stereocenters. The maximum absolute atomic E-state index is 11.7. The molecule has 0 spiro atoms. The van der Waals surface area contributed by atoms with Gasteiger partial charge >= 0.3 is 0 Å². The van der Waals surface area contributed by atoms with Crippen LogP contribution >= 0.6 is 15.9 Å². The number of aryl methyl sites for hydroxylation is 1. The fourth-order valence-electron chi connectivity index (χ4n) is 1.74. The largest absolute Gasteiger partial charge is 0.507 e. The lowest BCUT2D eigenvalue weighted by molar-refractivity contribution is -0.121. The van der Waals surface area contributed by atoms with Gasteiger partial charge in [0.15, 0.2) is 0 Å². The second-order valence-corrected chi connectivity index (χ2v) is 5.34. The van der Waals surface area contributed by atoms with Gasteiger partial charge in [-0.3, -0.25) is 4.79 Å². The third-order valence-corrected chi connectivity index (χ3v) is 3.49. The molecule has 0 aliphatic carbocycles. The van der Waals surface area contributed by atoms with E-state index in [2.05, 4.69) is 26.5 Å². The zero-order chi connectivity index (χ0) is 15.1. The van der Waals surface area contributed by atoms with Crippen LogP contribution in [0.15, 0.2) is 58.1 Å². The zero-order valence-corrected chi connectivity index (χ0v) is 12.9. The number of halogens is 1. The summed E-state index contributed by atoms with van der Waals surface area (Å²) in [5, 5.41) is 13.3. The number of hydrogen-bond acceptors (Lipinski definition) is 3. The number of hydrogen-bond donors (Lipinski definition) is 2. The Labute approximate surface area is 131 Å². The molecule has 0 aromatic heterocycles. The van der Waals surface area contributed by atoms with E-state index < -0.39 is 0 Å². The van der Waals surface area contributed by atoms with E-state index in [4.69, 9.17) is 0 Å². The van der Waals surface area contributed by atoms with Crippen molar-refractivity contribution in [3.05, 3.63) is 64.1 Å². The molecule has 108 valence electrons. The Bertz CT molecular complexity index is 642. The normalized spacial score (nSPS) is 10.7. The number of phenolic OH excluding ortho intramolecular Hbond substituents is 1. The Kier molecular flexibility index (Phi) is 5.51. The summed E-state index contributed by atoms with van der Waals surface area (Å²) in [5.74, 6) is 0.0343. The molecule has 0 bridgehead atoms. The lowest BCUT2D eigenvalue weighted by Crippen LogP contribution is -2.17. The molecule has 0 atom stereocenters. The summed E-state index contributed by atoms with van der Waals surface area (Å²) in [6.45, 7) is 0. The van der Waals surface area contributed by atoms with Crippen molar-refractivity contribution in [2.24, 2.45) is 5.10 Å². The predicted molar refractivity (Wildman–Crippen MR) is 86.3 cm³/mol. The minimum absolute atomic E-state index is 0.132. The Morgan fingerprint density at radius 1 is 1.24 bits per heavy atom. The molecule has 21 heavy (non-hydrogen) atoms. The minimum atomic E-state index is -0.132. The molecule has 0 aliphatic rings. The van der Waals surface area contributed by atoms with E-state index in [-0.39, 0.29) is 11.7 Å². The van der Waals surface area contributed by atoms with Crippen molar-refractivity contribution in [2.45, 2.75) is 12.8 Å². The van der Waals surface area contributed by atoms with E-state index >= 15 is 0 Å². The first-order chi connectivity index (χ1) is 10.1. The van der Waals surface area contributed by atoms with Gasteiger partial charge in [0.05, 0.1) is 10.7 Å². The summed E-state index contributed by atoms with van der Waals surface area (Å²) in [6, 6.07) is 14.8. The Morgan fingerprint density at radius 2 is 2.00 bits per heavy atom. The molecule has 0 radical (unpaired) electrons. The second-order valence-electron chi connectivity index (χ2n) is 4.49. The molecule has 0 heterocycles. The van der Waals surface area contributed by atoms with E-state index in [9.17, 15) is 9.90 Å². The van der Waals surface area contributed by atoms with E-state index in [0.29, 0.717) is 17.3 Å². The molecule has 2 aromatic rings. The average molecular weight is 347 g/mol. The van der Waals surface area contributed by atoms with E-state index in [1.54, 1.807) is 18.2 Å². The summed E-state index contributed by atoms with van der Waals surface area (Å²) >= 11 is 3.22. The quantitative estimate of drug-likeness (QED) is 0.644. The predicted octanol–water partition coefficient (Wildman–Crippen LogP) is 3.24. The molecule has 4 nitrogen and oxygen atoms in total. The van der Waals surface area contributed by atoms with Gasteiger partial charge in [-0.1, -0.05) is 30.3 Å². The second kappa shape index (κ2) is 7.59. The number of nitrogens with zero attached hydrogens (tertiary/aromatic N) is 1. The summed E-state index contributed by atoms with van der Waals surface area (Å²) in [7, 11) is 0. The number of carbonyl (C=O) groups excluding carboxylic acids is 1. The lowest BCUT2D eigenvalue weighted by atomic mass is 10.1. The highest BCUT2D eigenvalue weighted by atomic mass is 79.9. The van der Waals surface area contributed by atoms with Crippen LogP contribution in [0.1, 0.15) is 17.5 Å². The fraction of sp³-hybridized carbons (Fsp3) is 0.125. The molecule has 0 fully saturated rings. The van der Waals surface area contributed by atoms with Crippen molar-refractivity contribution < 1.29 is 9.90 Å². The highest BCUT2D eigenvalue weighted by Crippen LogP contribution is 2.23. The van der Waals surface area contributed by atoms with E-state index in [1.165, 1.54) is 6.21 Å². The first-order valence-corrected chi connectivity index (χ1v) is 7.29. The Hall–Kier alpha value is -2.14. The molecular weight excluding hydrogens is 332 g/mol. The number of benzene rings is 2. The maximum Gasteiger partial charge on any atom is 0.240 e. The van der Waals surface area contributed by atoms with Crippen molar-refractivity contribution in [3.8, 4) is 5.75 Å². The average Bonchev–Trinajstić information content (AvgIpc) is 2.50. The SMILES string of the molecule is O=C(CCc1ccccc1)N/N=C\c1ccc(O)c(Br)c1. The van der Waals surface area contributed by atoms with Gasteiger partial charge in [0, 0.05) is 6.42 Å². The number of aromatic hydroxyl groups is 1. The molecular formula is C16H15BrN2O2. The Balaban J connectivity index is 1.80. The van der Waals surface area contributed by atoms with Crippen LogP contribution in [0.5, 0.6) is 5.75 Å². The molecule has 0 saturated heterocycles. The molecule has 0 aliphatic heterocycles. The van der Waals surface area contributed by atoms with Crippen LogP contribution in [0.2, 0.25) is 0 Å². The Morgan fingerprint density at radius 3 is 2.71 bits per heavy atom. The highest BCUT2D eigenvalue weighted by molar-refractivity contribution is 9.10. The minimum Gasteiger partial charge on any atom is -0.507 e. The van der Waals surface area contributed by atoms with Crippen LogP contribution in [-0.4, -0.2) is 17.2 Å². The summed E-state index contributed by atoms with van der Waals surface area (Å²) in [6.07, 6.45) is 2.61. The molecule has 2 rings (SSSR count). The van der Waals surface area contributed by atoms with Crippen LogP contribution in [0.3, 0.4) is 0 Å². The van der Waals surface area contributed by atoms with E-state index in [0.717, 1.165) is 11.1 Å². The van der Waals surface area contributed by atoms with Gasteiger partial charge in [0.2, 0.25) is 5.91 Å². The number of hydrazone groups is 1. The van der Waals surface area contributed by atoms with Crippen molar-refractivity contribution >= 4 is 28.1 Å². The van der Waals surface area contributed by atoms with E-state index in [1.807, 2.05) is 30.3 Å². The number of amides is 1. The molecule has 2 aromatic carbocycles. The van der Waals surface area contributed by atoms with Crippen molar-refractivity contribution in [2.75, 3.05) is 0 Å². The van der Waals surface area contributed by atoms with Crippen LogP contribution in [0.4, 0.5) is 0 Å². The highest BCUT2D eigenvalue weighted by Gasteiger charge is 2.01. The number of carbonyl (C=O) groups is 1. The third kappa shape index (κ3) is 5.04. The van der Waals surface area contributed by atoms with Gasteiger partial charge in [0.25, 0.3) is 0 Å². The number of nitrogens with one attached hydrogen (secondary N) is 1. The maximum atomic E-state index is 11.7. The van der Waals surface area contributed by atoms with Crippen LogP contribution in [-0.2, 0) is 11.2 Å². The fourth-order valence-corrected chi connectivity index (χ4v) is 2.14. The molecule has 0 saturated carbocycles. The summed E-state index contributed by atoms with van der Waals surface area (Å²) < 4.78 is 0.585. The van der Waals surface area contributed by atoms with Crippen LogP contribution in [0.25, 0.3) is 0 Å². The smallest absolute Gasteiger partial charge is 0.240 e. The van der Waals surface area contributed by atoms with Gasteiger partial charge in [0.1, 0.15) is 5.75 Å². The lowest BCUT2D eigenvalue weighted by Gasteiger charge is -2.01. The first kappa shape index (κ1) is 15.3. The van der Waals surface area contributed by atoms with Gasteiger partial charge < -0.3 is 5.11 Å². The van der Waals surface area contributed by atoms with Crippen LogP contribution < -0.4 is 5.43 Å². The third-order valence-electron chi connectivity index (χ3n) is 2.86. The molecule has 2 N–H and O–H groups in total. The topological polar surface area (TPSA) is 61.7 Å². The molecule has 1 amide bonds. The van der Waals surface area contributed by atoms with Crippen molar-refractivity contribution in [1.82, 2.24) is 5.43 Å². The van der Waals surface area contributed by atoms with Crippen molar-refractivity contribution in [1.29, 1.82) is 0 Å². The van der Waals surface area contributed by atoms with Gasteiger partial charge in [-0.2, -0.15) is 5.10 Å². The van der Waals surface area contributed by atoms with Crippen molar-refractivity contribution in [3.63, 3.8) is 0 Å². The van der Waals surface area contributed by atoms with Crippen LogP contribution in [0, 0.1) is 0 Å². The van der Waals surface area contributed by atoms with Gasteiger partial charge in [-0.15, -0.1) is 0 Å². The summed E-state index contributed by atoms with van der Waals surface area (Å²) in [4.78, 5) is 11.7. The molecule has 5 heteroatoms.